The maximum Gasteiger partial charge on any atom is 0.0552 e. The number of H-pyrrole nitrogens is 2. The minimum atomic E-state index is 1.04. The van der Waals surface area contributed by atoms with Crippen LogP contribution in [0.4, 0.5) is 0 Å². The number of hydrogen-bond acceptors (Lipinski definition) is 0. The van der Waals surface area contributed by atoms with Crippen molar-refractivity contribution in [3.05, 3.63) is 60.8 Å². The summed E-state index contributed by atoms with van der Waals surface area (Å²) in [5.41, 5.74) is 4.51. The van der Waals surface area contributed by atoms with Gasteiger partial charge in [0.25, 0.3) is 0 Å². The van der Waals surface area contributed by atoms with Gasteiger partial charge >= 0.3 is 0 Å². The minimum absolute atomic E-state index is 1.04. The maximum atomic E-state index is 3.42. The van der Waals surface area contributed by atoms with E-state index in [1.807, 2.05) is 18.3 Å². The molecule has 0 fully saturated rings. The summed E-state index contributed by atoms with van der Waals surface area (Å²) in [4.78, 5) is 6.66. The smallest absolute Gasteiger partial charge is 0.0552 e. The molecular formula is C16H11N2. The van der Waals surface area contributed by atoms with E-state index in [0.29, 0.717) is 0 Å². The normalized spacial score (nSPS) is 11.3. The van der Waals surface area contributed by atoms with Gasteiger partial charge in [0, 0.05) is 39.6 Å². The molecule has 0 atom stereocenters. The van der Waals surface area contributed by atoms with Gasteiger partial charge in [-0.3, -0.25) is 0 Å². The highest BCUT2D eigenvalue weighted by Gasteiger charge is 2.07. The molecule has 0 aliphatic rings. The van der Waals surface area contributed by atoms with Crippen LogP contribution in [0, 0.1) is 6.07 Å². The first-order valence-electron chi connectivity index (χ1n) is 5.98. The fourth-order valence-corrected chi connectivity index (χ4v) is 2.44. The number of benzene rings is 2. The Morgan fingerprint density at radius 1 is 0.833 bits per heavy atom. The van der Waals surface area contributed by atoms with Crippen molar-refractivity contribution in [1.82, 2.24) is 9.97 Å². The average Bonchev–Trinajstić information content (AvgIpc) is 3.04. The highest BCUT2D eigenvalue weighted by Crippen LogP contribution is 2.29. The molecule has 4 rings (SSSR count). The maximum absolute atomic E-state index is 3.42. The van der Waals surface area contributed by atoms with E-state index in [1.54, 1.807) is 0 Å². The molecule has 1 radical (unpaired) electrons. The Morgan fingerprint density at radius 3 is 2.67 bits per heavy atom. The van der Waals surface area contributed by atoms with Gasteiger partial charge in [0.1, 0.15) is 0 Å². The van der Waals surface area contributed by atoms with Crippen LogP contribution in [0.2, 0.25) is 0 Å². The van der Waals surface area contributed by atoms with E-state index < -0.39 is 0 Å². The van der Waals surface area contributed by atoms with Crippen LogP contribution in [-0.2, 0) is 0 Å². The van der Waals surface area contributed by atoms with E-state index in [4.69, 9.17) is 0 Å². The minimum Gasteiger partial charge on any atom is -0.361 e. The first kappa shape index (κ1) is 9.54. The van der Waals surface area contributed by atoms with Crippen LogP contribution in [0.25, 0.3) is 33.1 Å². The van der Waals surface area contributed by atoms with Gasteiger partial charge in [0.05, 0.1) is 5.69 Å². The largest absolute Gasteiger partial charge is 0.361 e. The predicted octanol–water partition coefficient (Wildman–Crippen LogP) is 4.12. The van der Waals surface area contributed by atoms with Gasteiger partial charge in [-0.15, -0.1) is 0 Å². The van der Waals surface area contributed by atoms with E-state index in [-0.39, 0.29) is 0 Å². The lowest BCUT2D eigenvalue weighted by atomic mass is 10.1. The van der Waals surface area contributed by atoms with E-state index in [2.05, 4.69) is 52.4 Å². The number of aromatic nitrogens is 2. The lowest BCUT2D eigenvalue weighted by Gasteiger charge is -1.99. The SMILES string of the molecule is [c]1c(-c2cccc3[nH]ccc23)[nH]c2ccccc12. The number of rotatable bonds is 1. The zero-order valence-corrected chi connectivity index (χ0v) is 9.70. The third-order valence-corrected chi connectivity index (χ3v) is 3.31. The molecule has 0 saturated carbocycles. The van der Waals surface area contributed by atoms with Gasteiger partial charge < -0.3 is 9.97 Å². The first-order chi connectivity index (χ1) is 8.92. The Kier molecular flexibility index (Phi) is 1.86. The van der Waals surface area contributed by atoms with E-state index in [9.17, 15) is 0 Å². The lowest BCUT2D eigenvalue weighted by molar-refractivity contribution is 1.46. The number of hydrogen-bond donors (Lipinski definition) is 2. The highest BCUT2D eigenvalue weighted by molar-refractivity contribution is 5.97. The third kappa shape index (κ3) is 1.29. The Labute approximate surface area is 104 Å². The van der Waals surface area contributed by atoms with Crippen molar-refractivity contribution in [1.29, 1.82) is 0 Å². The van der Waals surface area contributed by atoms with Gasteiger partial charge in [-0.05, 0) is 18.2 Å². The molecule has 0 spiro atoms. The van der Waals surface area contributed by atoms with Crippen LogP contribution < -0.4 is 0 Å². The Hall–Kier alpha value is -2.48. The molecule has 0 aliphatic carbocycles. The number of nitrogens with one attached hydrogen (secondary N) is 2. The monoisotopic (exact) mass is 231 g/mol. The van der Waals surface area contributed by atoms with Crippen LogP contribution in [0.3, 0.4) is 0 Å². The van der Waals surface area contributed by atoms with E-state index in [1.165, 1.54) is 10.9 Å². The molecule has 0 bridgehead atoms. The van der Waals surface area contributed by atoms with Gasteiger partial charge in [0.2, 0.25) is 0 Å². The van der Waals surface area contributed by atoms with Crippen LogP contribution >= 0.6 is 0 Å². The van der Waals surface area contributed by atoms with Crippen molar-refractivity contribution in [2.45, 2.75) is 0 Å². The summed E-state index contributed by atoms with van der Waals surface area (Å²) in [6.45, 7) is 0. The number of para-hydroxylation sites is 1. The van der Waals surface area contributed by atoms with Crippen molar-refractivity contribution in [2.75, 3.05) is 0 Å². The Morgan fingerprint density at radius 2 is 1.72 bits per heavy atom. The van der Waals surface area contributed by atoms with Crippen molar-refractivity contribution < 1.29 is 0 Å². The molecule has 2 N–H and O–H groups in total. The van der Waals surface area contributed by atoms with Crippen LogP contribution in [0.5, 0.6) is 0 Å². The molecule has 0 saturated heterocycles. The topological polar surface area (TPSA) is 31.6 Å². The summed E-state index contributed by atoms with van der Waals surface area (Å²) in [5, 5.41) is 2.35. The standard InChI is InChI=1S/C16H11N2/c1-2-6-14-11(4-1)10-16(18-14)12-5-3-7-15-13(12)8-9-17-15/h1-9,17-18H. The molecule has 2 heterocycles. The molecule has 0 amide bonds. The molecule has 2 aromatic carbocycles. The average molecular weight is 231 g/mol. The molecule has 2 nitrogen and oxygen atoms in total. The fraction of sp³-hybridized carbons (Fsp3) is 0. The van der Waals surface area contributed by atoms with Crippen LogP contribution in [0.15, 0.2) is 54.7 Å². The highest BCUT2D eigenvalue weighted by atomic mass is 14.7. The second kappa shape index (κ2) is 3.50. The van der Waals surface area contributed by atoms with Crippen molar-refractivity contribution >= 4 is 21.8 Å². The zero-order valence-electron chi connectivity index (χ0n) is 9.70. The first-order valence-corrected chi connectivity index (χ1v) is 5.98. The summed E-state index contributed by atoms with van der Waals surface area (Å²) in [6.07, 6.45) is 1.97. The molecule has 0 unspecified atom stereocenters. The van der Waals surface area contributed by atoms with Gasteiger partial charge in [-0.25, -0.2) is 0 Å². The van der Waals surface area contributed by atoms with Crippen molar-refractivity contribution in [2.24, 2.45) is 0 Å². The number of aromatic amines is 2. The molecule has 2 aromatic heterocycles. The van der Waals surface area contributed by atoms with Crippen LogP contribution in [-0.4, -0.2) is 9.97 Å². The summed E-state index contributed by atoms with van der Waals surface area (Å²) >= 11 is 0. The van der Waals surface area contributed by atoms with E-state index >= 15 is 0 Å². The van der Waals surface area contributed by atoms with Gasteiger partial charge in [-0.1, -0.05) is 30.3 Å². The fourth-order valence-electron chi connectivity index (χ4n) is 2.44. The van der Waals surface area contributed by atoms with Crippen molar-refractivity contribution in [3.8, 4) is 11.3 Å². The Bertz CT molecular complexity index is 803. The third-order valence-electron chi connectivity index (χ3n) is 3.31. The molecule has 0 aliphatic heterocycles. The van der Waals surface area contributed by atoms with Gasteiger partial charge in [0.15, 0.2) is 0 Å². The predicted molar refractivity (Wildman–Crippen MR) is 74.4 cm³/mol. The Balaban J connectivity index is 2.04. The summed E-state index contributed by atoms with van der Waals surface area (Å²) in [7, 11) is 0. The molecule has 4 aromatic rings. The van der Waals surface area contributed by atoms with Gasteiger partial charge in [-0.2, -0.15) is 0 Å². The van der Waals surface area contributed by atoms with Crippen LogP contribution in [0.1, 0.15) is 0 Å². The second-order valence-corrected chi connectivity index (χ2v) is 4.42. The van der Waals surface area contributed by atoms with E-state index in [0.717, 1.165) is 22.1 Å². The lowest BCUT2D eigenvalue weighted by Crippen LogP contribution is -1.78. The second-order valence-electron chi connectivity index (χ2n) is 4.42. The number of fused-ring (bicyclic) bond motifs is 2. The van der Waals surface area contributed by atoms with Crippen molar-refractivity contribution in [3.63, 3.8) is 0 Å². The summed E-state index contributed by atoms with van der Waals surface area (Å²) < 4.78 is 0. The molecule has 18 heavy (non-hydrogen) atoms. The molecule has 85 valence electrons. The zero-order chi connectivity index (χ0) is 11.9. The quantitative estimate of drug-likeness (QED) is 0.494. The summed E-state index contributed by atoms with van der Waals surface area (Å²) in [6, 6.07) is 20.0. The summed E-state index contributed by atoms with van der Waals surface area (Å²) in [5.74, 6) is 0. The molecule has 2 heteroatoms. The molecular weight excluding hydrogens is 220 g/mol.